The number of piperidine rings is 1. The molecule has 3 rings (SSSR count). The summed E-state index contributed by atoms with van der Waals surface area (Å²) in [6.45, 7) is 7.12. The molecule has 1 fully saturated rings. The molecule has 2 aromatic rings. The third kappa shape index (κ3) is 3.29. The van der Waals surface area contributed by atoms with Gasteiger partial charge in [0, 0.05) is 38.4 Å². The molecule has 21 heavy (non-hydrogen) atoms. The monoisotopic (exact) mass is 285 g/mol. The molecule has 112 valence electrons. The number of rotatable bonds is 3. The van der Waals surface area contributed by atoms with Gasteiger partial charge in [0.25, 0.3) is 0 Å². The highest BCUT2D eigenvalue weighted by Gasteiger charge is 2.24. The summed E-state index contributed by atoms with van der Waals surface area (Å²) >= 11 is 0. The molecule has 5 heteroatoms. The second kappa shape index (κ2) is 5.93. The molecule has 1 saturated heterocycles. The van der Waals surface area contributed by atoms with Crippen molar-refractivity contribution in [1.29, 1.82) is 0 Å². The zero-order valence-electron chi connectivity index (χ0n) is 13.1. The molecule has 0 saturated carbocycles. The average molecular weight is 285 g/mol. The highest BCUT2D eigenvalue weighted by Crippen LogP contribution is 2.26. The van der Waals surface area contributed by atoms with E-state index >= 15 is 0 Å². The van der Waals surface area contributed by atoms with Crippen LogP contribution in [0.2, 0.25) is 0 Å². The minimum Gasteiger partial charge on any atom is -0.337 e. The van der Waals surface area contributed by atoms with Gasteiger partial charge in [-0.25, -0.2) is 15.0 Å². The summed E-state index contributed by atoms with van der Waals surface area (Å²) in [6.07, 6.45) is 6.41. The van der Waals surface area contributed by atoms with E-state index in [2.05, 4.69) is 39.6 Å². The number of aromatic nitrogens is 4. The first kappa shape index (κ1) is 14.2. The number of imidazole rings is 1. The van der Waals surface area contributed by atoms with E-state index in [1.165, 1.54) is 18.7 Å². The predicted molar refractivity (Wildman–Crippen MR) is 82.0 cm³/mol. The van der Waals surface area contributed by atoms with Crippen LogP contribution in [0, 0.1) is 13.8 Å². The average Bonchev–Trinajstić information content (AvgIpc) is 2.78. The lowest BCUT2D eigenvalue weighted by molar-refractivity contribution is 0.193. The Labute approximate surface area is 126 Å². The number of aryl methyl sites for hydroxylation is 3. The second-order valence-electron chi connectivity index (χ2n) is 6.02. The maximum atomic E-state index is 4.70. The van der Waals surface area contributed by atoms with Crippen LogP contribution >= 0.6 is 0 Å². The fourth-order valence-corrected chi connectivity index (χ4v) is 3.25. The molecule has 0 N–H and O–H groups in total. The van der Waals surface area contributed by atoms with Crippen LogP contribution in [-0.2, 0) is 13.6 Å². The van der Waals surface area contributed by atoms with Crippen molar-refractivity contribution in [3.8, 4) is 0 Å². The van der Waals surface area contributed by atoms with Crippen molar-refractivity contribution in [2.75, 3.05) is 13.1 Å². The van der Waals surface area contributed by atoms with Gasteiger partial charge in [0.05, 0.1) is 11.4 Å². The van der Waals surface area contributed by atoms with Gasteiger partial charge in [0.1, 0.15) is 11.6 Å². The van der Waals surface area contributed by atoms with Crippen LogP contribution in [0.3, 0.4) is 0 Å². The Morgan fingerprint density at radius 1 is 1.29 bits per heavy atom. The molecule has 1 atom stereocenters. The van der Waals surface area contributed by atoms with Crippen molar-refractivity contribution < 1.29 is 0 Å². The lowest BCUT2D eigenvalue weighted by Crippen LogP contribution is -2.35. The molecule has 1 aliphatic heterocycles. The molecule has 1 aliphatic rings. The van der Waals surface area contributed by atoms with Gasteiger partial charge < -0.3 is 4.57 Å². The van der Waals surface area contributed by atoms with Gasteiger partial charge in [0.15, 0.2) is 0 Å². The highest BCUT2D eigenvalue weighted by atomic mass is 15.2. The van der Waals surface area contributed by atoms with E-state index in [-0.39, 0.29) is 0 Å². The maximum absolute atomic E-state index is 4.70. The first-order chi connectivity index (χ1) is 10.1. The standard InChI is InChI=1S/C16H23N5/c1-12-9-20(3)16(18-12)14-5-4-8-21(10-14)11-15-6-7-17-13(2)19-15/h6-7,9,14H,4-5,8,10-11H2,1-3H3/t14-/m1/s1. The summed E-state index contributed by atoms with van der Waals surface area (Å²) in [6, 6.07) is 2.02. The van der Waals surface area contributed by atoms with Gasteiger partial charge in [0.2, 0.25) is 0 Å². The van der Waals surface area contributed by atoms with E-state index in [0.29, 0.717) is 5.92 Å². The Kier molecular flexibility index (Phi) is 4.01. The van der Waals surface area contributed by atoms with Crippen molar-refractivity contribution in [3.05, 3.63) is 41.5 Å². The molecular formula is C16H23N5. The van der Waals surface area contributed by atoms with Crippen molar-refractivity contribution in [1.82, 2.24) is 24.4 Å². The van der Waals surface area contributed by atoms with Crippen molar-refractivity contribution in [3.63, 3.8) is 0 Å². The van der Waals surface area contributed by atoms with Gasteiger partial charge in [-0.05, 0) is 39.3 Å². The van der Waals surface area contributed by atoms with Gasteiger partial charge >= 0.3 is 0 Å². The Hall–Kier alpha value is -1.75. The van der Waals surface area contributed by atoms with E-state index < -0.39 is 0 Å². The Morgan fingerprint density at radius 2 is 2.14 bits per heavy atom. The minimum absolute atomic E-state index is 0.528. The smallest absolute Gasteiger partial charge is 0.125 e. The van der Waals surface area contributed by atoms with Crippen LogP contribution in [0.1, 0.15) is 41.8 Å². The number of nitrogens with zero attached hydrogens (tertiary/aromatic N) is 5. The third-order valence-electron chi connectivity index (χ3n) is 4.12. The summed E-state index contributed by atoms with van der Waals surface area (Å²) in [5, 5.41) is 0. The minimum atomic E-state index is 0.528. The van der Waals surface area contributed by atoms with E-state index in [4.69, 9.17) is 4.98 Å². The summed E-state index contributed by atoms with van der Waals surface area (Å²) in [7, 11) is 2.10. The molecule has 0 unspecified atom stereocenters. The molecule has 0 aromatic carbocycles. The quantitative estimate of drug-likeness (QED) is 0.867. The molecule has 0 spiro atoms. The van der Waals surface area contributed by atoms with Gasteiger partial charge in [-0.2, -0.15) is 0 Å². The van der Waals surface area contributed by atoms with Crippen LogP contribution in [0.15, 0.2) is 18.5 Å². The summed E-state index contributed by atoms with van der Waals surface area (Å²) in [4.78, 5) is 15.9. The van der Waals surface area contributed by atoms with Crippen molar-refractivity contribution >= 4 is 0 Å². The molecule has 0 bridgehead atoms. The molecule has 0 amide bonds. The molecule has 3 heterocycles. The van der Waals surface area contributed by atoms with Crippen molar-refractivity contribution in [2.45, 2.75) is 39.2 Å². The van der Waals surface area contributed by atoms with E-state index in [1.807, 2.05) is 19.2 Å². The van der Waals surface area contributed by atoms with Crippen LogP contribution in [0.25, 0.3) is 0 Å². The molecule has 0 aliphatic carbocycles. The second-order valence-corrected chi connectivity index (χ2v) is 6.02. The summed E-state index contributed by atoms with van der Waals surface area (Å²) < 4.78 is 2.18. The number of likely N-dealkylation sites (tertiary alicyclic amines) is 1. The topological polar surface area (TPSA) is 46.8 Å². The maximum Gasteiger partial charge on any atom is 0.125 e. The van der Waals surface area contributed by atoms with E-state index in [9.17, 15) is 0 Å². The first-order valence-electron chi connectivity index (χ1n) is 7.62. The largest absolute Gasteiger partial charge is 0.337 e. The lowest BCUT2D eigenvalue weighted by atomic mass is 9.97. The SMILES string of the molecule is Cc1cn(C)c([C@@H]2CCCN(Cc3ccnc(C)n3)C2)n1. The van der Waals surface area contributed by atoms with Crippen LogP contribution in [0.4, 0.5) is 0 Å². The first-order valence-corrected chi connectivity index (χ1v) is 7.62. The fourth-order valence-electron chi connectivity index (χ4n) is 3.25. The summed E-state index contributed by atoms with van der Waals surface area (Å²) in [5.41, 5.74) is 2.22. The van der Waals surface area contributed by atoms with Gasteiger partial charge in [-0.3, -0.25) is 4.90 Å². The molecule has 0 radical (unpaired) electrons. The molecule has 5 nitrogen and oxygen atoms in total. The fraction of sp³-hybridized carbons (Fsp3) is 0.562. The van der Waals surface area contributed by atoms with Crippen molar-refractivity contribution in [2.24, 2.45) is 7.05 Å². The number of hydrogen-bond donors (Lipinski definition) is 0. The third-order valence-corrected chi connectivity index (χ3v) is 4.12. The lowest BCUT2D eigenvalue weighted by Gasteiger charge is -2.32. The van der Waals surface area contributed by atoms with Gasteiger partial charge in [-0.1, -0.05) is 0 Å². The zero-order chi connectivity index (χ0) is 14.8. The molecule has 2 aromatic heterocycles. The van der Waals surface area contributed by atoms with Crippen LogP contribution < -0.4 is 0 Å². The zero-order valence-corrected chi connectivity index (χ0v) is 13.1. The van der Waals surface area contributed by atoms with Crippen LogP contribution in [0.5, 0.6) is 0 Å². The normalized spacial score (nSPS) is 19.9. The Balaban J connectivity index is 1.70. The Bertz CT molecular complexity index is 619. The van der Waals surface area contributed by atoms with Gasteiger partial charge in [-0.15, -0.1) is 0 Å². The highest BCUT2D eigenvalue weighted by molar-refractivity contribution is 5.09. The number of hydrogen-bond acceptors (Lipinski definition) is 4. The van der Waals surface area contributed by atoms with Crippen LogP contribution in [-0.4, -0.2) is 37.5 Å². The summed E-state index contributed by atoms with van der Waals surface area (Å²) in [5.74, 6) is 2.59. The van der Waals surface area contributed by atoms with E-state index in [0.717, 1.165) is 36.8 Å². The van der Waals surface area contributed by atoms with E-state index in [1.54, 1.807) is 0 Å². The predicted octanol–water partition coefficient (Wildman–Crippen LogP) is 2.21. The Morgan fingerprint density at radius 3 is 2.86 bits per heavy atom. The molecular weight excluding hydrogens is 262 g/mol.